The second-order valence-electron chi connectivity index (χ2n) is 11.0. The maximum absolute atomic E-state index is 13.9. The molecule has 11 heteroatoms. The maximum atomic E-state index is 13.9. The number of aromatic amines is 1. The van der Waals surface area contributed by atoms with Crippen molar-refractivity contribution in [2.24, 2.45) is 0 Å². The third-order valence-corrected chi connectivity index (χ3v) is 8.18. The summed E-state index contributed by atoms with van der Waals surface area (Å²) in [6.45, 7) is 0.0256. The van der Waals surface area contributed by atoms with Gasteiger partial charge in [-0.3, -0.25) is 9.59 Å². The van der Waals surface area contributed by atoms with Crippen LogP contribution in [0.3, 0.4) is 0 Å². The summed E-state index contributed by atoms with van der Waals surface area (Å²) in [6, 6.07) is 14.5. The lowest BCUT2D eigenvalue weighted by molar-refractivity contribution is -0.142. The first kappa shape index (κ1) is 28.7. The number of alkyl halides is 3. The van der Waals surface area contributed by atoms with Crippen molar-refractivity contribution < 1.29 is 31.9 Å². The van der Waals surface area contributed by atoms with Crippen molar-refractivity contribution in [1.82, 2.24) is 14.9 Å². The van der Waals surface area contributed by atoms with E-state index in [1.807, 2.05) is 12.1 Å². The molecule has 1 aromatic heterocycles. The smallest absolute Gasteiger partial charge is 0.378 e. The van der Waals surface area contributed by atoms with Gasteiger partial charge in [0.2, 0.25) is 0 Å². The number of hydrogen-bond donors (Lipinski definition) is 2. The van der Waals surface area contributed by atoms with E-state index in [1.54, 1.807) is 12.1 Å². The zero-order valence-electron chi connectivity index (χ0n) is 22.7. The quantitative estimate of drug-likeness (QED) is 0.285. The van der Waals surface area contributed by atoms with Crippen LogP contribution in [0.2, 0.25) is 0 Å². The summed E-state index contributed by atoms with van der Waals surface area (Å²) in [6.07, 6.45) is -4.25. The van der Waals surface area contributed by atoms with Crippen LogP contribution >= 0.6 is 0 Å². The van der Waals surface area contributed by atoms with E-state index < -0.39 is 46.4 Å². The number of aromatic nitrogens is 2. The van der Waals surface area contributed by atoms with Crippen molar-refractivity contribution in [3.63, 3.8) is 0 Å². The summed E-state index contributed by atoms with van der Waals surface area (Å²) < 4.78 is 67.2. The van der Waals surface area contributed by atoms with E-state index in [4.69, 9.17) is 4.98 Å². The number of carbonyl (C=O) groups is 1. The molecule has 1 atom stereocenters. The molecule has 1 fully saturated rings. The fourth-order valence-electron chi connectivity index (χ4n) is 5.74. The fraction of sp³-hybridized carbons (Fsp3) is 0.281. The fourth-order valence-corrected chi connectivity index (χ4v) is 5.74. The number of rotatable bonds is 5. The monoisotopic (exact) mass is 595 g/mol. The molecule has 3 aromatic carbocycles. The Morgan fingerprint density at radius 2 is 1.70 bits per heavy atom. The van der Waals surface area contributed by atoms with E-state index in [9.17, 15) is 36.6 Å². The van der Waals surface area contributed by atoms with Gasteiger partial charge in [0.05, 0.1) is 28.8 Å². The summed E-state index contributed by atoms with van der Waals surface area (Å²) in [7, 11) is 0. The summed E-state index contributed by atoms with van der Waals surface area (Å²) in [5.74, 6) is -1.72. The molecule has 222 valence electrons. The van der Waals surface area contributed by atoms with E-state index in [0.717, 1.165) is 29.8 Å². The molecule has 43 heavy (non-hydrogen) atoms. The number of aliphatic hydroxyl groups is 1. The molecule has 1 amide bonds. The zero-order chi connectivity index (χ0) is 30.5. The van der Waals surface area contributed by atoms with Gasteiger partial charge in [-0.05, 0) is 72.2 Å². The van der Waals surface area contributed by atoms with Gasteiger partial charge < -0.3 is 15.0 Å². The van der Waals surface area contributed by atoms with Crippen LogP contribution in [0.25, 0.3) is 11.1 Å². The van der Waals surface area contributed by atoms with Crippen molar-refractivity contribution in [2.75, 3.05) is 6.54 Å². The average molecular weight is 596 g/mol. The molecule has 2 aliphatic rings. The first-order chi connectivity index (χ1) is 20.4. The van der Waals surface area contributed by atoms with E-state index in [-0.39, 0.29) is 24.2 Å². The number of nitrogens with one attached hydrogen (secondary N) is 1. The highest BCUT2D eigenvalue weighted by Gasteiger charge is 2.49. The molecule has 1 saturated carbocycles. The Morgan fingerprint density at radius 3 is 2.40 bits per heavy atom. The van der Waals surface area contributed by atoms with Gasteiger partial charge >= 0.3 is 6.18 Å². The number of carbonyl (C=O) groups excluding carboxylic acids is 1. The molecule has 4 aromatic rings. The molecule has 1 aliphatic heterocycles. The van der Waals surface area contributed by atoms with Crippen LogP contribution in [0.5, 0.6) is 0 Å². The number of H-pyrrole nitrogens is 1. The summed E-state index contributed by atoms with van der Waals surface area (Å²) in [5, 5.41) is 10.7. The van der Waals surface area contributed by atoms with Crippen molar-refractivity contribution in [1.29, 1.82) is 0 Å². The minimum Gasteiger partial charge on any atom is -0.378 e. The first-order valence-corrected chi connectivity index (χ1v) is 13.8. The standard InChI is InChI=1S/C32H26F5N3O3/c33-23-14-20(15-24(34)16-23)18-4-1-6-21(12-18)31(9-10-31)30-38-26-8-3-11-40(17-25(26)28(42)39-30)29(43)27(41)19-5-2-7-22(13-19)32(35,36)37/h1-2,4-7,12-16,27,41H,3,8-11,17H2,(H,38,39,42). The van der Waals surface area contributed by atoms with Crippen LogP contribution in [-0.2, 0) is 29.4 Å². The number of nitrogens with zero attached hydrogens (tertiary/aromatic N) is 2. The lowest BCUT2D eigenvalue weighted by Crippen LogP contribution is -2.36. The van der Waals surface area contributed by atoms with Crippen LogP contribution < -0.4 is 5.56 Å². The van der Waals surface area contributed by atoms with Crippen LogP contribution in [0.1, 0.15) is 59.1 Å². The normalized spacial score (nSPS) is 16.7. The highest BCUT2D eigenvalue weighted by molar-refractivity contribution is 5.82. The molecule has 2 heterocycles. The number of fused-ring (bicyclic) bond motifs is 1. The zero-order valence-corrected chi connectivity index (χ0v) is 22.7. The highest BCUT2D eigenvalue weighted by Crippen LogP contribution is 2.52. The Bertz CT molecular complexity index is 1760. The summed E-state index contributed by atoms with van der Waals surface area (Å²) in [4.78, 5) is 35.5. The number of aryl methyl sites for hydroxylation is 1. The second-order valence-corrected chi connectivity index (χ2v) is 11.0. The number of hydrogen-bond acceptors (Lipinski definition) is 4. The minimum atomic E-state index is -4.63. The Labute approximate surface area is 242 Å². The van der Waals surface area contributed by atoms with Gasteiger partial charge in [0.1, 0.15) is 17.5 Å². The van der Waals surface area contributed by atoms with Crippen LogP contribution in [0.15, 0.2) is 71.5 Å². The van der Waals surface area contributed by atoms with Gasteiger partial charge in [-0.15, -0.1) is 0 Å². The average Bonchev–Trinajstić information content (AvgIpc) is 3.80. The Hall–Kier alpha value is -4.38. The molecule has 0 radical (unpaired) electrons. The van der Waals surface area contributed by atoms with Crippen LogP contribution in [0.4, 0.5) is 22.0 Å². The second kappa shape index (κ2) is 10.7. The van der Waals surface area contributed by atoms with Crippen LogP contribution in [-0.4, -0.2) is 32.4 Å². The maximum Gasteiger partial charge on any atom is 0.416 e. The Kier molecular flexibility index (Phi) is 7.16. The molecule has 2 N–H and O–H groups in total. The first-order valence-electron chi connectivity index (χ1n) is 13.8. The Morgan fingerprint density at radius 1 is 0.977 bits per heavy atom. The van der Waals surface area contributed by atoms with Crippen molar-refractivity contribution in [3.05, 3.63) is 122 Å². The van der Waals surface area contributed by atoms with E-state index in [2.05, 4.69) is 4.98 Å². The summed E-state index contributed by atoms with van der Waals surface area (Å²) >= 11 is 0. The predicted octanol–water partition coefficient (Wildman–Crippen LogP) is 5.82. The molecule has 6 nitrogen and oxygen atoms in total. The lowest BCUT2D eigenvalue weighted by atomic mass is 9.91. The molecule has 0 saturated heterocycles. The predicted molar refractivity (Wildman–Crippen MR) is 147 cm³/mol. The summed E-state index contributed by atoms with van der Waals surface area (Å²) in [5.41, 5.74) is 0.415. The van der Waals surface area contributed by atoms with Gasteiger partial charge in [0.15, 0.2) is 6.10 Å². The van der Waals surface area contributed by atoms with Gasteiger partial charge in [0, 0.05) is 12.6 Å². The minimum absolute atomic E-state index is 0.152. The molecule has 0 bridgehead atoms. The molecular formula is C32H26F5N3O3. The largest absolute Gasteiger partial charge is 0.416 e. The third-order valence-electron chi connectivity index (χ3n) is 8.18. The molecule has 1 aliphatic carbocycles. The van der Waals surface area contributed by atoms with Gasteiger partial charge in [-0.25, -0.2) is 13.8 Å². The third kappa shape index (κ3) is 5.56. The number of benzene rings is 3. The van der Waals surface area contributed by atoms with E-state index in [1.165, 1.54) is 23.1 Å². The van der Waals surface area contributed by atoms with Crippen molar-refractivity contribution in [2.45, 2.75) is 49.9 Å². The highest BCUT2D eigenvalue weighted by atomic mass is 19.4. The van der Waals surface area contributed by atoms with Gasteiger partial charge in [-0.2, -0.15) is 13.2 Å². The van der Waals surface area contributed by atoms with Crippen molar-refractivity contribution >= 4 is 5.91 Å². The van der Waals surface area contributed by atoms with E-state index in [0.29, 0.717) is 48.3 Å². The molecule has 1 unspecified atom stereocenters. The van der Waals surface area contributed by atoms with Crippen LogP contribution in [0, 0.1) is 11.6 Å². The number of aliphatic hydroxyl groups excluding tert-OH is 1. The lowest BCUT2D eigenvalue weighted by Gasteiger charge is -2.24. The van der Waals surface area contributed by atoms with Crippen molar-refractivity contribution in [3.8, 4) is 11.1 Å². The number of halogens is 5. The Balaban J connectivity index is 1.27. The molecule has 0 spiro atoms. The van der Waals surface area contributed by atoms with Gasteiger partial charge in [0.25, 0.3) is 11.5 Å². The number of amides is 1. The molecular weight excluding hydrogens is 569 g/mol. The topological polar surface area (TPSA) is 86.3 Å². The van der Waals surface area contributed by atoms with E-state index >= 15 is 0 Å². The molecule has 6 rings (SSSR count). The van der Waals surface area contributed by atoms with Gasteiger partial charge in [-0.1, -0.05) is 36.4 Å². The SMILES string of the molecule is O=C(C(O)c1cccc(C(F)(F)F)c1)N1CCCc2nc(C3(c4cccc(-c5cc(F)cc(F)c5)c4)CC3)[nH]c(=O)c2C1.